The van der Waals surface area contributed by atoms with Crippen molar-refractivity contribution in [2.75, 3.05) is 11.9 Å². The summed E-state index contributed by atoms with van der Waals surface area (Å²) in [6, 6.07) is 7.58. The maximum atomic E-state index is 11.8. The second-order valence-corrected chi connectivity index (χ2v) is 4.79. The van der Waals surface area contributed by atoms with Crippen LogP contribution in [0.1, 0.15) is 32.3 Å². The lowest BCUT2D eigenvalue weighted by Gasteiger charge is -2.13. The summed E-state index contributed by atoms with van der Waals surface area (Å²) in [5.74, 6) is -0.961. The first kappa shape index (κ1) is 16.2. The molecule has 1 aromatic carbocycles. The second-order valence-electron chi connectivity index (χ2n) is 4.79. The van der Waals surface area contributed by atoms with Gasteiger partial charge in [-0.1, -0.05) is 25.1 Å². The smallest absolute Gasteiger partial charge is 0.303 e. The van der Waals surface area contributed by atoms with Gasteiger partial charge in [-0.3, -0.25) is 9.59 Å². The molecule has 0 aliphatic carbocycles. The lowest BCUT2D eigenvalue weighted by molar-refractivity contribution is -0.136. The van der Waals surface area contributed by atoms with Gasteiger partial charge in [-0.2, -0.15) is 0 Å². The number of para-hydroxylation sites is 1. The molecule has 3 N–H and O–H groups in total. The summed E-state index contributed by atoms with van der Waals surface area (Å²) in [5.41, 5.74) is 1.52. The molecular weight excluding hydrogens is 256 g/mol. The topological polar surface area (TPSA) is 78.4 Å². The zero-order valence-corrected chi connectivity index (χ0v) is 12.0. The number of anilines is 1. The van der Waals surface area contributed by atoms with E-state index in [2.05, 4.69) is 17.6 Å². The van der Waals surface area contributed by atoms with Gasteiger partial charge < -0.3 is 15.7 Å². The molecule has 0 fully saturated rings. The first-order valence-electron chi connectivity index (χ1n) is 6.85. The lowest BCUT2D eigenvalue weighted by atomic mass is 10.1. The van der Waals surface area contributed by atoms with Gasteiger partial charge in [0.05, 0.1) is 6.54 Å². The maximum absolute atomic E-state index is 11.8. The third kappa shape index (κ3) is 5.84. The molecule has 0 aromatic heterocycles. The fourth-order valence-electron chi connectivity index (χ4n) is 1.71. The minimum atomic E-state index is -0.843. The summed E-state index contributed by atoms with van der Waals surface area (Å²) in [5, 5.41) is 14.7. The van der Waals surface area contributed by atoms with Crippen molar-refractivity contribution in [3.63, 3.8) is 0 Å². The van der Waals surface area contributed by atoms with Crippen LogP contribution in [0.2, 0.25) is 0 Å². The lowest BCUT2D eigenvalue weighted by Crippen LogP contribution is -2.34. The van der Waals surface area contributed by atoms with Crippen LogP contribution in [-0.4, -0.2) is 29.6 Å². The van der Waals surface area contributed by atoms with Crippen LogP contribution in [0.5, 0.6) is 0 Å². The summed E-state index contributed by atoms with van der Waals surface area (Å²) in [7, 11) is 0. The molecule has 1 amide bonds. The SMILES string of the molecule is CCC(C)NCC(=O)Nc1ccccc1CCC(=O)O. The maximum Gasteiger partial charge on any atom is 0.303 e. The molecular formula is C15H22N2O3. The number of hydrogen-bond acceptors (Lipinski definition) is 3. The van der Waals surface area contributed by atoms with E-state index in [1.807, 2.05) is 25.1 Å². The van der Waals surface area contributed by atoms with Crippen LogP contribution in [0, 0.1) is 0 Å². The summed E-state index contributed by atoms with van der Waals surface area (Å²) in [4.78, 5) is 22.5. The standard InChI is InChI=1S/C15H22N2O3/c1-3-11(2)16-10-14(18)17-13-7-5-4-6-12(13)8-9-15(19)20/h4-7,11,16H,3,8-10H2,1-2H3,(H,17,18)(H,19,20). The van der Waals surface area contributed by atoms with Crippen LogP contribution >= 0.6 is 0 Å². The van der Waals surface area contributed by atoms with Crippen LogP contribution in [0.4, 0.5) is 5.69 Å². The average molecular weight is 278 g/mol. The molecule has 0 aliphatic heterocycles. The number of nitrogens with one attached hydrogen (secondary N) is 2. The molecule has 0 saturated heterocycles. The normalized spacial score (nSPS) is 11.9. The van der Waals surface area contributed by atoms with E-state index in [4.69, 9.17) is 5.11 Å². The highest BCUT2D eigenvalue weighted by Gasteiger charge is 2.08. The highest BCUT2D eigenvalue weighted by Crippen LogP contribution is 2.16. The third-order valence-corrected chi connectivity index (χ3v) is 3.12. The van der Waals surface area contributed by atoms with Crippen molar-refractivity contribution in [1.29, 1.82) is 0 Å². The predicted octanol–water partition coefficient (Wildman–Crippen LogP) is 2.03. The van der Waals surface area contributed by atoms with Gasteiger partial charge in [0, 0.05) is 18.2 Å². The monoisotopic (exact) mass is 278 g/mol. The van der Waals surface area contributed by atoms with Gasteiger partial charge in [0.25, 0.3) is 0 Å². The van der Waals surface area contributed by atoms with Crippen molar-refractivity contribution in [3.05, 3.63) is 29.8 Å². The van der Waals surface area contributed by atoms with Crippen molar-refractivity contribution in [3.8, 4) is 0 Å². The summed E-state index contributed by atoms with van der Waals surface area (Å²) in [6.07, 6.45) is 1.42. The number of hydrogen-bond donors (Lipinski definition) is 3. The van der Waals surface area contributed by atoms with E-state index in [0.717, 1.165) is 12.0 Å². The van der Waals surface area contributed by atoms with E-state index in [9.17, 15) is 9.59 Å². The second kappa shape index (κ2) is 8.32. The molecule has 5 nitrogen and oxygen atoms in total. The van der Waals surface area contributed by atoms with Crippen molar-refractivity contribution in [2.45, 2.75) is 39.2 Å². The zero-order chi connectivity index (χ0) is 15.0. The quantitative estimate of drug-likeness (QED) is 0.680. The average Bonchev–Trinajstić information content (AvgIpc) is 2.43. The molecule has 110 valence electrons. The van der Waals surface area contributed by atoms with Crippen LogP contribution in [0.3, 0.4) is 0 Å². The van der Waals surface area contributed by atoms with Crippen LogP contribution in [0.25, 0.3) is 0 Å². The number of rotatable bonds is 8. The van der Waals surface area contributed by atoms with E-state index >= 15 is 0 Å². The summed E-state index contributed by atoms with van der Waals surface area (Å²) in [6.45, 7) is 4.33. The number of carbonyl (C=O) groups is 2. The molecule has 0 radical (unpaired) electrons. The molecule has 1 atom stereocenters. The molecule has 0 bridgehead atoms. The molecule has 1 aromatic rings. The van der Waals surface area contributed by atoms with Gasteiger partial charge in [-0.05, 0) is 31.4 Å². The highest BCUT2D eigenvalue weighted by atomic mass is 16.4. The Morgan fingerprint density at radius 1 is 1.30 bits per heavy atom. The van der Waals surface area contributed by atoms with E-state index in [-0.39, 0.29) is 18.9 Å². The molecule has 0 saturated carbocycles. The van der Waals surface area contributed by atoms with Crippen molar-refractivity contribution >= 4 is 17.6 Å². The zero-order valence-electron chi connectivity index (χ0n) is 12.0. The van der Waals surface area contributed by atoms with Crippen LogP contribution in [-0.2, 0) is 16.0 Å². The van der Waals surface area contributed by atoms with Crippen molar-refractivity contribution in [1.82, 2.24) is 5.32 Å². The number of carboxylic acids is 1. The van der Waals surface area contributed by atoms with Gasteiger partial charge in [0.15, 0.2) is 0 Å². The Balaban J connectivity index is 2.57. The Bertz CT molecular complexity index is 460. The first-order valence-corrected chi connectivity index (χ1v) is 6.85. The molecule has 0 aliphatic rings. The largest absolute Gasteiger partial charge is 0.481 e. The Morgan fingerprint density at radius 2 is 2.00 bits per heavy atom. The van der Waals surface area contributed by atoms with Crippen molar-refractivity contribution in [2.24, 2.45) is 0 Å². The highest BCUT2D eigenvalue weighted by molar-refractivity contribution is 5.93. The molecule has 0 heterocycles. The fourth-order valence-corrected chi connectivity index (χ4v) is 1.71. The molecule has 0 spiro atoms. The summed E-state index contributed by atoms with van der Waals surface area (Å²) < 4.78 is 0. The van der Waals surface area contributed by atoms with Gasteiger partial charge in [-0.15, -0.1) is 0 Å². The fraction of sp³-hybridized carbons (Fsp3) is 0.467. The predicted molar refractivity (Wildman–Crippen MR) is 78.8 cm³/mol. The number of aryl methyl sites for hydroxylation is 1. The Hall–Kier alpha value is -1.88. The molecule has 20 heavy (non-hydrogen) atoms. The van der Waals surface area contributed by atoms with Gasteiger partial charge in [0.2, 0.25) is 5.91 Å². The minimum absolute atomic E-state index is 0.0536. The first-order chi connectivity index (χ1) is 9.52. The number of amides is 1. The number of benzene rings is 1. The van der Waals surface area contributed by atoms with E-state index in [1.54, 1.807) is 6.07 Å². The molecule has 1 rings (SSSR count). The van der Waals surface area contributed by atoms with E-state index in [1.165, 1.54) is 0 Å². The Kier molecular flexibility index (Phi) is 6.73. The van der Waals surface area contributed by atoms with E-state index in [0.29, 0.717) is 18.2 Å². The minimum Gasteiger partial charge on any atom is -0.481 e. The Labute approximate surface area is 119 Å². The number of carboxylic acid groups (broad SMARTS) is 1. The van der Waals surface area contributed by atoms with Crippen LogP contribution in [0.15, 0.2) is 24.3 Å². The van der Waals surface area contributed by atoms with Crippen molar-refractivity contribution < 1.29 is 14.7 Å². The van der Waals surface area contributed by atoms with E-state index < -0.39 is 5.97 Å². The van der Waals surface area contributed by atoms with Gasteiger partial charge in [0.1, 0.15) is 0 Å². The van der Waals surface area contributed by atoms with Crippen LogP contribution < -0.4 is 10.6 Å². The van der Waals surface area contributed by atoms with Gasteiger partial charge in [-0.25, -0.2) is 0 Å². The molecule has 5 heteroatoms. The summed E-state index contributed by atoms with van der Waals surface area (Å²) >= 11 is 0. The Morgan fingerprint density at radius 3 is 2.65 bits per heavy atom. The third-order valence-electron chi connectivity index (χ3n) is 3.12. The number of aliphatic carboxylic acids is 1. The molecule has 1 unspecified atom stereocenters. The van der Waals surface area contributed by atoms with Gasteiger partial charge >= 0.3 is 5.97 Å². The number of carbonyl (C=O) groups excluding carboxylic acids is 1.